The normalized spacial score (nSPS) is 12.7. The van der Waals surface area contributed by atoms with Crippen LogP contribution < -0.4 is 5.43 Å². The lowest BCUT2D eigenvalue weighted by atomic mass is 10.0. The molecule has 1 aliphatic heterocycles. The van der Waals surface area contributed by atoms with E-state index in [1.54, 1.807) is 24.3 Å². The Morgan fingerprint density at radius 3 is 2.82 bits per heavy atom. The van der Waals surface area contributed by atoms with E-state index in [4.69, 9.17) is 9.15 Å². The quantitative estimate of drug-likeness (QED) is 0.274. The van der Waals surface area contributed by atoms with E-state index in [0.717, 1.165) is 15.9 Å². The molecule has 0 fully saturated rings. The number of halogens is 1. The van der Waals surface area contributed by atoms with Crippen LogP contribution in [0.4, 0.5) is 4.39 Å². The lowest BCUT2D eigenvalue weighted by molar-refractivity contribution is -0.122. The molecule has 33 heavy (non-hydrogen) atoms. The third-order valence-electron chi connectivity index (χ3n) is 4.82. The third-order valence-corrected chi connectivity index (χ3v) is 4.82. The van der Waals surface area contributed by atoms with Crippen molar-refractivity contribution in [3.8, 4) is 22.7 Å². The molecule has 1 aliphatic rings. The van der Waals surface area contributed by atoms with Gasteiger partial charge in [0.2, 0.25) is 5.82 Å². The molecule has 4 aromatic rings. The van der Waals surface area contributed by atoms with E-state index in [1.165, 1.54) is 30.5 Å². The second-order valence-corrected chi connectivity index (χ2v) is 7.09. The zero-order valence-corrected chi connectivity index (χ0v) is 16.9. The van der Waals surface area contributed by atoms with Crippen LogP contribution in [0.3, 0.4) is 0 Å². The number of amides is 1. The van der Waals surface area contributed by atoms with E-state index in [2.05, 4.69) is 25.9 Å². The molecule has 0 spiro atoms. The highest BCUT2D eigenvalue weighted by Gasteiger charge is 2.21. The molecular weight excluding hydrogens is 431 g/mol. The zero-order chi connectivity index (χ0) is 22.8. The second-order valence-electron chi connectivity index (χ2n) is 7.09. The van der Waals surface area contributed by atoms with Crippen molar-refractivity contribution < 1.29 is 23.1 Å². The van der Waals surface area contributed by atoms with E-state index in [9.17, 15) is 14.0 Å². The molecule has 0 unspecified atom stereocenters. The zero-order valence-electron chi connectivity index (χ0n) is 16.9. The average Bonchev–Trinajstić information content (AvgIpc) is 3.55. The Kier molecular flexibility index (Phi) is 5.19. The standard InChI is InChI=1S/C22H15FN6O4/c23-16-4-1-13(2-5-16)21-26-28-29(27-21)11-20(30)25-24-10-17-6-8-19(33-17)14-3-7-18-15(9-14)12-32-22(18)31/h1-10H,11-12H2,(H,25,30). The van der Waals surface area contributed by atoms with Gasteiger partial charge in [-0.25, -0.2) is 14.6 Å². The molecule has 2 aromatic carbocycles. The number of carbonyl (C=O) groups is 2. The number of ether oxygens (including phenoxy) is 1. The number of rotatable bonds is 6. The van der Waals surface area contributed by atoms with Crippen LogP contribution >= 0.6 is 0 Å². The monoisotopic (exact) mass is 446 g/mol. The summed E-state index contributed by atoms with van der Waals surface area (Å²) in [5.74, 6) is 0.125. The van der Waals surface area contributed by atoms with Gasteiger partial charge in [-0.1, -0.05) is 6.07 Å². The van der Waals surface area contributed by atoms with Crippen molar-refractivity contribution >= 4 is 18.1 Å². The number of cyclic esters (lactones) is 1. The van der Waals surface area contributed by atoms with Gasteiger partial charge < -0.3 is 9.15 Å². The van der Waals surface area contributed by atoms with Gasteiger partial charge in [0.25, 0.3) is 5.91 Å². The molecule has 0 saturated heterocycles. The van der Waals surface area contributed by atoms with Crippen LogP contribution in [0.2, 0.25) is 0 Å². The Bertz CT molecular complexity index is 1380. The smallest absolute Gasteiger partial charge is 0.338 e. The van der Waals surface area contributed by atoms with E-state index in [-0.39, 0.29) is 30.8 Å². The Morgan fingerprint density at radius 1 is 1.15 bits per heavy atom. The summed E-state index contributed by atoms with van der Waals surface area (Å²) in [4.78, 5) is 24.8. The predicted molar refractivity (Wildman–Crippen MR) is 112 cm³/mol. The highest BCUT2D eigenvalue weighted by molar-refractivity contribution is 5.94. The summed E-state index contributed by atoms with van der Waals surface area (Å²) in [5, 5.41) is 15.6. The molecule has 2 aromatic heterocycles. The highest BCUT2D eigenvalue weighted by Crippen LogP contribution is 2.28. The summed E-state index contributed by atoms with van der Waals surface area (Å²) in [7, 11) is 0. The van der Waals surface area contributed by atoms with Crippen molar-refractivity contribution in [1.29, 1.82) is 0 Å². The van der Waals surface area contributed by atoms with Crippen LogP contribution in [0.5, 0.6) is 0 Å². The predicted octanol–water partition coefficient (Wildman–Crippen LogP) is 2.56. The number of nitrogens with zero attached hydrogens (tertiary/aromatic N) is 5. The number of nitrogens with one attached hydrogen (secondary N) is 1. The van der Waals surface area contributed by atoms with Crippen LogP contribution in [0.25, 0.3) is 22.7 Å². The van der Waals surface area contributed by atoms with Gasteiger partial charge >= 0.3 is 5.97 Å². The molecule has 0 saturated carbocycles. The Balaban J connectivity index is 1.18. The molecule has 11 heteroatoms. The molecule has 1 amide bonds. The summed E-state index contributed by atoms with van der Waals surface area (Å²) in [6, 6.07) is 14.4. The fourth-order valence-electron chi connectivity index (χ4n) is 3.22. The number of fused-ring (bicyclic) bond motifs is 1. The lowest BCUT2D eigenvalue weighted by Gasteiger charge is -1.99. The number of hydrogen-bond donors (Lipinski definition) is 1. The first kappa shape index (κ1) is 20.2. The fourth-order valence-corrected chi connectivity index (χ4v) is 3.22. The van der Waals surface area contributed by atoms with Gasteiger partial charge in [-0.15, -0.1) is 10.2 Å². The second kappa shape index (κ2) is 8.46. The fraction of sp³-hybridized carbons (Fsp3) is 0.0909. The summed E-state index contributed by atoms with van der Waals surface area (Å²) in [5.41, 5.74) is 5.10. The Labute approximate surface area is 185 Å². The number of benzene rings is 2. The first-order chi connectivity index (χ1) is 16.0. The first-order valence-corrected chi connectivity index (χ1v) is 9.81. The SMILES string of the molecule is O=C(Cn1nnc(-c2ccc(F)cc2)n1)NN=Cc1ccc(-c2ccc3c(c2)COC3=O)o1. The molecule has 0 radical (unpaired) electrons. The lowest BCUT2D eigenvalue weighted by Crippen LogP contribution is -2.24. The van der Waals surface area contributed by atoms with Gasteiger partial charge in [0.15, 0.2) is 0 Å². The molecule has 0 atom stereocenters. The van der Waals surface area contributed by atoms with Crippen molar-refractivity contribution in [3.63, 3.8) is 0 Å². The van der Waals surface area contributed by atoms with E-state index < -0.39 is 5.91 Å². The summed E-state index contributed by atoms with van der Waals surface area (Å²) >= 11 is 0. The first-order valence-electron chi connectivity index (χ1n) is 9.81. The minimum Gasteiger partial charge on any atom is -0.457 e. The number of hydrogen-bond acceptors (Lipinski definition) is 8. The number of hydrazone groups is 1. The van der Waals surface area contributed by atoms with Gasteiger partial charge in [-0.2, -0.15) is 9.90 Å². The van der Waals surface area contributed by atoms with Crippen molar-refractivity contribution in [3.05, 3.63) is 77.3 Å². The van der Waals surface area contributed by atoms with Gasteiger partial charge in [-0.05, 0) is 53.7 Å². The van der Waals surface area contributed by atoms with Crippen LogP contribution in [0, 0.1) is 5.82 Å². The molecule has 10 nitrogen and oxygen atoms in total. The van der Waals surface area contributed by atoms with E-state index in [1.807, 2.05) is 6.07 Å². The maximum Gasteiger partial charge on any atom is 0.338 e. The van der Waals surface area contributed by atoms with Gasteiger partial charge in [0, 0.05) is 16.7 Å². The Hall–Kier alpha value is -4.67. The number of carbonyl (C=O) groups excluding carboxylic acids is 2. The molecular formula is C22H15FN6O4. The summed E-state index contributed by atoms with van der Waals surface area (Å²) < 4.78 is 23.7. The minimum absolute atomic E-state index is 0.204. The summed E-state index contributed by atoms with van der Waals surface area (Å²) in [6.07, 6.45) is 1.36. The topological polar surface area (TPSA) is 125 Å². The van der Waals surface area contributed by atoms with Crippen molar-refractivity contribution in [2.24, 2.45) is 5.10 Å². The molecule has 164 valence electrons. The molecule has 0 bridgehead atoms. The number of tetrazole rings is 1. The molecule has 5 rings (SSSR count). The summed E-state index contributed by atoms with van der Waals surface area (Å²) in [6.45, 7) is 0.0416. The van der Waals surface area contributed by atoms with Crippen LogP contribution in [-0.2, 0) is 22.7 Å². The maximum atomic E-state index is 13.0. The average molecular weight is 446 g/mol. The van der Waals surface area contributed by atoms with Crippen molar-refractivity contribution in [1.82, 2.24) is 25.6 Å². The Morgan fingerprint density at radius 2 is 1.97 bits per heavy atom. The molecule has 3 heterocycles. The molecule has 1 N–H and O–H groups in total. The van der Waals surface area contributed by atoms with Crippen molar-refractivity contribution in [2.75, 3.05) is 0 Å². The number of furan rings is 1. The van der Waals surface area contributed by atoms with Crippen molar-refractivity contribution in [2.45, 2.75) is 13.2 Å². The largest absolute Gasteiger partial charge is 0.457 e. The highest BCUT2D eigenvalue weighted by atomic mass is 19.1. The van der Waals surface area contributed by atoms with Crippen LogP contribution in [0.15, 0.2) is 64.1 Å². The van der Waals surface area contributed by atoms with Crippen LogP contribution in [-0.4, -0.2) is 38.3 Å². The van der Waals surface area contributed by atoms with Gasteiger partial charge in [0.1, 0.15) is 30.5 Å². The van der Waals surface area contributed by atoms with E-state index >= 15 is 0 Å². The van der Waals surface area contributed by atoms with E-state index in [0.29, 0.717) is 22.6 Å². The third kappa shape index (κ3) is 4.37. The van der Waals surface area contributed by atoms with Crippen LogP contribution in [0.1, 0.15) is 21.7 Å². The number of esters is 1. The van der Waals surface area contributed by atoms with Gasteiger partial charge in [-0.3, -0.25) is 4.79 Å². The number of aromatic nitrogens is 4. The molecule has 0 aliphatic carbocycles. The minimum atomic E-state index is -0.468. The van der Waals surface area contributed by atoms with Gasteiger partial charge in [0.05, 0.1) is 11.8 Å². The maximum absolute atomic E-state index is 13.0.